The molecule has 0 aromatic heterocycles. The van der Waals surface area contributed by atoms with E-state index in [1.165, 1.54) is 19.3 Å². The summed E-state index contributed by atoms with van der Waals surface area (Å²) in [5, 5.41) is 0. The van der Waals surface area contributed by atoms with Gasteiger partial charge >= 0.3 is 0 Å². The second kappa shape index (κ2) is 10.7. The number of carbonyl (C=O) groups is 1. The predicted octanol–water partition coefficient (Wildman–Crippen LogP) is 4.54. The van der Waals surface area contributed by atoms with Gasteiger partial charge in [-0.15, -0.1) is 0 Å². The maximum atomic E-state index is 10.3. The van der Waals surface area contributed by atoms with Gasteiger partial charge in [-0.05, 0) is 24.7 Å². The van der Waals surface area contributed by atoms with Crippen molar-refractivity contribution < 1.29 is 4.79 Å². The summed E-state index contributed by atoms with van der Waals surface area (Å²) in [4.78, 5) is 10.3. The van der Waals surface area contributed by atoms with Crippen molar-refractivity contribution in [3.05, 3.63) is 24.3 Å². The van der Waals surface area contributed by atoms with Crippen LogP contribution in [0.5, 0.6) is 0 Å². The third-order valence-electron chi connectivity index (χ3n) is 2.64. The monoisotopic (exact) mass is 222 g/mol. The van der Waals surface area contributed by atoms with Gasteiger partial charge in [-0.3, -0.25) is 0 Å². The van der Waals surface area contributed by atoms with Crippen molar-refractivity contribution in [3.63, 3.8) is 0 Å². The van der Waals surface area contributed by atoms with Gasteiger partial charge in [-0.1, -0.05) is 57.9 Å². The van der Waals surface area contributed by atoms with Gasteiger partial charge in [0, 0.05) is 6.42 Å². The molecule has 0 aromatic rings. The lowest BCUT2D eigenvalue weighted by Crippen LogP contribution is -1.92. The van der Waals surface area contributed by atoms with Gasteiger partial charge in [0.1, 0.15) is 6.29 Å². The van der Waals surface area contributed by atoms with E-state index < -0.39 is 0 Å². The molecule has 0 spiro atoms. The minimum atomic E-state index is 0.379. The van der Waals surface area contributed by atoms with Crippen LogP contribution in [0.2, 0.25) is 0 Å². The summed E-state index contributed by atoms with van der Waals surface area (Å²) in [6, 6.07) is 0. The van der Waals surface area contributed by atoms with E-state index in [4.69, 9.17) is 0 Å². The molecule has 0 saturated carbocycles. The van der Waals surface area contributed by atoms with E-state index in [9.17, 15) is 4.79 Å². The highest BCUT2D eigenvalue weighted by Crippen LogP contribution is 2.09. The average molecular weight is 222 g/mol. The van der Waals surface area contributed by atoms with Crippen LogP contribution in [0.1, 0.15) is 52.9 Å². The van der Waals surface area contributed by atoms with E-state index in [0.29, 0.717) is 18.3 Å². The zero-order valence-corrected chi connectivity index (χ0v) is 11.0. The molecular formula is C15H26O. The molecule has 0 aliphatic rings. The quantitative estimate of drug-likeness (QED) is 0.318. The van der Waals surface area contributed by atoms with Crippen LogP contribution in [0.3, 0.4) is 0 Å². The molecule has 0 aliphatic heterocycles. The van der Waals surface area contributed by atoms with E-state index in [2.05, 4.69) is 45.1 Å². The van der Waals surface area contributed by atoms with Gasteiger partial charge in [-0.25, -0.2) is 0 Å². The van der Waals surface area contributed by atoms with Crippen molar-refractivity contribution >= 4 is 6.29 Å². The molecule has 0 bridgehead atoms. The molecule has 1 nitrogen and oxygen atoms in total. The molecule has 2 atom stereocenters. The van der Waals surface area contributed by atoms with Crippen molar-refractivity contribution in [2.24, 2.45) is 11.8 Å². The summed E-state index contributed by atoms with van der Waals surface area (Å²) >= 11 is 0. The fourth-order valence-electron chi connectivity index (χ4n) is 1.44. The Morgan fingerprint density at radius 2 is 1.62 bits per heavy atom. The van der Waals surface area contributed by atoms with Gasteiger partial charge in [0.15, 0.2) is 0 Å². The zero-order valence-electron chi connectivity index (χ0n) is 11.0. The lowest BCUT2D eigenvalue weighted by molar-refractivity contribution is -0.108. The highest BCUT2D eigenvalue weighted by atomic mass is 16.1. The summed E-state index contributed by atoms with van der Waals surface area (Å²) < 4.78 is 0. The van der Waals surface area contributed by atoms with Gasteiger partial charge in [0.05, 0.1) is 0 Å². The van der Waals surface area contributed by atoms with Crippen molar-refractivity contribution in [1.82, 2.24) is 0 Å². The Bertz CT molecular complexity index is 215. The first-order chi connectivity index (χ1) is 7.70. The molecule has 0 saturated heterocycles. The van der Waals surface area contributed by atoms with Gasteiger partial charge in [0.2, 0.25) is 0 Å². The number of allylic oxidation sites excluding steroid dienone is 4. The second-order valence-corrected chi connectivity index (χ2v) is 4.59. The zero-order chi connectivity index (χ0) is 12.2. The number of carbonyl (C=O) groups excluding carboxylic acids is 1. The molecule has 16 heavy (non-hydrogen) atoms. The van der Waals surface area contributed by atoms with Crippen LogP contribution in [0.4, 0.5) is 0 Å². The summed E-state index contributed by atoms with van der Waals surface area (Å²) in [6.07, 6.45) is 15.4. The van der Waals surface area contributed by atoms with Gasteiger partial charge in [-0.2, -0.15) is 0 Å². The molecule has 0 heterocycles. The lowest BCUT2D eigenvalue weighted by Gasteiger charge is -2.04. The molecule has 0 fully saturated rings. The molecule has 0 aromatic carbocycles. The Morgan fingerprint density at radius 3 is 2.19 bits per heavy atom. The van der Waals surface area contributed by atoms with Crippen molar-refractivity contribution in [3.8, 4) is 0 Å². The van der Waals surface area contributed by atoms with Crippen LogP contribution < -0.4 is 0 Å². The number of unbranched alkanes of at least 4 members (excludes halogenated alkanes) is 2. The van der Waals surface area contributed by atoms with Crippen molar-refractivity contribution in [1.29, 1.82) is 0 Å². The first-order valence-electron chi connectivity index (χ1n) is 6.47. The van der Waals surface area contributed by atoms with E-state index in [1.807, 2.05) is 0 Å². The highest BCUT2D eigenvalue weighted by Gasteiger charge is 1.97. The SMILES string of the molecule is CCCCC=CCC(C)C=CC(C)CC=O. The minimum absolute atomic E-state index is 0.379. The average Bonchev–Trinajstić information content (AvgIpc) is 2.26. The topological polar surface area (TPSA) is 17.1 Å². The Hall–Kier alpha value is -0.850. The maximum Gasteiger partial charge on any atom is 0.120 e. The molecule has 0 amide bonds. The van der Waals surface area contributed by atoms with E-state index in [1.54, 1.807) is 0 Å². The molecule has 1 heteroatoms. The maximum absolute atomic E-state index is 10.3. The molecule has 92 valence electrons. The lowest BCUT2D eigenvalue weighted by atomic mass is 10.0. The smallest absolute Gasteiger partial charge is 0.120 e. The van der Waals surface area contributed by atoms with Crippen LogP contribution in [0, 0.1) is 11.8 Å². The first-order valence-corrected chi connectivity index (χ1v) is 6.47. The Balaban J connectivity index is 3.67. The fourth-order valence-corrected chi connectivity index (χ4v) is 1.44. The standard InChI is InChI=1S/C15H26O/c1-4-5-6-7-8-9-14(2)10-11-15(3)12-13-16/h7-8,10-11,13-15H,4-6,9,12H2,1-3H3. The summed E-state index contributed by atoms with van der Waals surface area (Å²) in [6.45, 7) is 6.51. The number of aldehydes is 1. The summed E-state index contributed by atoms with van der Waals surface area (Å²) in [7, 11) is 0. The molecular weight excluding hydrogens is 196 g/mol. The minimum Gasteiger partial charge on any atom is -0.303 e. The molecule has 0 radical (unpaired) electrons. The van der Waals surface area contributed by atoms with Crippen molar-refractivity contribution in [2.75, 3.05) is 0 Å². The fraction of sp³-hybridized carbons (Fsp3) is 0.667. The highest BCUT2D eigenvalue weighted by molar-refractivity contribution is 5.50. The molecule has 0 rings (SSSR count). The Kier molecular flexibility index (Phi) is 10.1. The van der Waals surface area contributed by atoms with Crippen LogP contribution in [0.15, 0.2) is 24.3 Å². The second-order valence-electron chi connectivity index (χ2n) is 4.59. The van der Waals surface area contributed by atoms with E-state index in [0.717, 1.165) is 12.7 Å². The van der Waals surface area contributed by atoms with Crippen LogP contribution in [-0.4, -0.2) is 6.29 Å². The number of hydrogen-bond donors (Lipinski definition) is 0. The summed E-state index contributed by atoms with van der Waals surface area (Å²) in [5.74, 6) is 0.955. The van der Waals surface area contributed by atoms with Crippen LogP contribution in [0.25, 0.3) is 0 Å². The van der Waals surface area contributed by atoms with Crippen LogP contribution in [-0.2, 0) is 4.79 Å². The Morgan fingerprint density at radius 1 is 1.00 bits per heavy atom. The normalized spacial score (nSPS) is 15.7. The van der Waals surface area contributed by atoms with Gasteiger partial charge < -0.3 is 4.79 Å². The largest absolute Gasteiger partial charge is 0.303 e. The van der Waals surface area contributed by atoms with Crippen molar-refractivity contribution in [2.45, 2.75) is 52.9 Å². The summed E-state index contributed by atoms with van der Waals surface area (Å²) in [5.41, 5.74) is 0. The van der Waals surface area contributed by atoms with Crippen LogP contribution >= 0.6 is 0 Å². The Labute approximate surface area is 101 Å². The predicted molar refractivity (Wildman–Crippen MR) is 71.4 cm³/mol. The third-order valence-corrected chi connectivity index (χ3v) is 2.64. The van der Waals surface area contributed by atoms with E-state index >= 15 is 0 Å². The molecule has 0 aliphatic carbocycles. The molecule has 0 N–H and O–H groups in total. The first kappa shape index (κ1) is 15.2. The number of hydrogen-bond acceptors (Lipinski definition) is 1. The molecule has 2 unspecified atom stereocenters. The van der Waals surface area contributed by atoms with E-state index in [-0.39, 0.29) is 0 Å². The third kappa shape index (κ3) is 9.70. The number of rotatable bonds is 9. The van der Waals surface area contributed by atoms with Gasteiger partial charge in [0.25, 0.3) is 0 Å².